The van der Waals surface area contributed by atoms with Crippen LogP contribution in [-0.2, 0) is 22.7 Å². The summed E-state index contributed by atoms with van der Waals surface area (Å²) in [4.78, 5) is 23.4. The standard InChI is InChI=1S/C26H23NO8/c1-2-33-25(13-24(29)17-3-7-22(28)8-4-17)18-5-9-23(10-6-18)34-15-20-12-21(27(30)31)11-19-14-32-16-35-26(19)20/h3-13,28H,2,14-16H2,1H3. The van der Waals surface area contributed by atoms with E-state index < -0.39 is 4.92 Å². The number of hydrogen-bond acceptors (Lipinski definition) is 8. The van der Waals surface area contributed by atoms with Crippen LogP contribution in [0.15, 0.2) is 66.7 Å². The summed E-state index contributed by atoms with van der Waals surface area (Å²) in [6.45, 7) is 2.56. The molecule has 3 aromatic carbocycles. The lowest BCUT2D eigenvalue weighted by molar-refractivity contribution is -0.385. The second-order valence-corrected chi connectivity index (χ2v) is 7.63. The number of allylic oxidation sites excluding steroid dienone is 1. The van der Waals surface area contributed by atoms with Gasteiger partial charge in [0.15, 0.2) is 12.6 Å². The second-order valence-electron chi connectivity index (χ2n) is 7.63. The summed E-state index contributed by atoms with van der Waals surface area (Å²) in [5, 5.41) is 20.7. The Morgan fingerprint density at radius 3 is 2.51 bits per heavy atom. The first-order chi connectivity index (χ1) is 16.9. The van der Waals surface area contributed by atoms with E-state index >= 15 is 0 Å². The molecule has 0 atom stereocenters. The number of benzene rings is 3. The third-order valence-corrected chi connectivity index (χ3v) is 5.23. The summed E-state index contributed by atoms with van der Waals surface area (Å²) in [7, 11) is 0. The quantitative estimate of drug-likeness (QED) is 0.150. The number of hydrogen-bond donors (Lipinski definition) is 1. The molecule has 1 aliphatic heterocycles. The zero-order valence-electron chi connectivity index (χ0n) is 18.9. The highest BCUT2D eigenvalue weighted by molar-refractivity contribution is 6.08. The maximum absolute atomic E-state index is 12.6. The molecule has 0 unspecified atom stereocenters. The number of fused-ring (bicyclic) bond motifs is 1. The molecule has 0 fully saturated rings. The molecule has 0 amide bonds. The molecule has 1 aliphatic rings. The molecule has 0 saturated heterocycles. The molecule has 0 radical (unpaired) electrons. The Morgan fingerprint density at radius 2 is 1.83 bits per heavy atom. The summed E-state index contributed by atoms with van der Waals surface area (Å²) < 4.78 is 22.3. The first-order valence-corrected chi connectivity index (χ1v) is 10.9. The van der Waals surface area contributed by atoms with Crippen molar-refractivity contribution in [2.75, 3.05) is 13.4 Å². The van der Waals surface area contributed by atoms with E-state index in [1.54, 1.807) is 24.3 Å². The number of nitro groups is 1. The third-order valence-electron chi connectivity index (χ3n) is 5.23. The number of phenolic OH excluding ortho intramolecular Hbond substituents is 1. The lowest BCUT2D eigenvalue weighted by Gasteiger charge is -2.20. The van der Waals surface area contributed by atoms with Gasteiger partial charge in [-0.2, -0.15) is 0 Å². The van der Waals surface area contributed by atoms with Gasteiger partial charge in [0.25, 0.3) is 5.69 Å². The van der Waals surface area contributed by atoms with Gasteiger partial charge in [-0.1, -0.05) is 0 Å². The summed E-state index contributed by atoms with van der Waals surface area (Å²) in [6.07, 6.45) is 1.40. The molecule has 180 valence electrons. The van der Waals surface area contributed by atoms with E-state index in [0.29, 0.717) is 46.1 Å². The van der Waals surface area contributed by atoms with Crippen molar-refractivity contribution >= 4 is 17.2 Å². The van der Waals surface area contributed by atoms with Crippen LogP contribution < -0.4 is 9.47 Å². The fourth-order valence-corrected chi connectivity index (χ4v) is 3.56. The monoisotopic (exact) mass is 477 g/mol. The maximum atomic E-state index is 12.6. The fraction of sp³-hybridized carbons (Fsp3) is 0.192. The van der Waals surface area contributed by atoms with E-state index in [4.69, 9.17) is 18.9 Å². The summed E-state index contributed by atoms with van der Waals surface area (Å²) in [6, 6.07) is 15.8. The number of carbonyl (C=O) groups excluding carboxylic acids is 1. The highest BCUT2D eigenvalue weighted by atomic mass is 16.7. The molecule has 35 heavy (non-hydrogen) atoms. The summed E-state index contributed by atoms with van der Waals surface area (Å²) in [5.41, 5.74) is 2.20. The topological polar surface area (TPSA) is 117 Å². The van der Waals surface area contributed by atoms with Crippen molar-refractivity contribution in [1.29, 1.82) is 0 Å². The highest BCUT2D eigenvalue weighted by Crippen LogP contribution is 2.33. The molecule has 3 aromatic rings. The first kappa shape index (κ1) is 23.8. The summed E-state index contributed by atoms with van der Waals surface area (Å²) in [5.74, 6) is 1.29. The summed E-state index contributed by atoms with van der Waals surface area (Å²) >= 11 is 0. The molecule has 0 spiro atoms. The van der Waals surface area contributed by atoms with Crippen LogP contribution >= 0.6 is 0 Å². The number of aromatic hydroxyl groups is 1. The van der Waals surface area contributed by atoms with Crippen molar-refractivity contribution < 1.29 is 33.8 Å². The third kappa shape index (κ3) is 5.77. The Bertz CT molecular complexity index is 1250. The number of phenols is 1. The number of ketones is 1. The van der Waals surface area contributed by atoms with E-state index in [2.05, 4.69) is 0 Å². The van der Waals surface area contributed by atoms with Crippen molar-refractivity contribution in [3.8, 4) is 17.2 Å². The van der Waals surface area contributed by atoms with E-state index in [-0.39, 0.29) is 37.2 Å². The lowest BCUT2D eigenvalue weighted by Crippen LogP contribution is -2.14. The zero-order chi connectivity index (χ0) is 24.8. The van der Waals surface area contributed by atoms with Gasteiger partial charge in [-0.15, -0.1) is 0 Å². The molecule has 0 aromatic heterocycles. The molecule has 0 bridgehead atoms. The molecule has 9 heteroatoms. The van der Waals surface area contributed by atoms with Gasteiger partial charge < -0.3 is 24.1 Å². The van der Waals surface area contributed by atoms with Gasteiger partial charge in [-0.25, -0.2) is 0 Å². The molecule has 9 nitrogen and oxygen atoms in total. The Balaban J connectivity index is 1.50. The Kier molecular flexibility index (Phi) is 7.27. The number of nitro benzene ring substituents is 1. The maximum Gasteiger partial charge on any atom is 0.270 e. The van der Waals surface area contributed by atoms with E-state index in [1.807, 2.05) is 6.92 Å². The average Bonchev–Trinajstić information content (AvgIpc) is 2.87. The molecule has 4 rings (SSSR count). The van der Waals surface area contributed by atoms with Gasteiger partial charge in [-0.05, 0) is 55.5 Å². The Hall–Kier alpha value is -4.37. The van der Waals surface area contributed by atoms with E-state index in [1.165, 1.54) is 42.5 Å². The number of non-ortho nitro benzene ring substituents is 1. The fourth-order valence-electron chi connectivity index (χ4n) is 3.56. The van der Waals surface area contributed by atoms with Crippen LogP contribution in [0.4, 0.5) is 5.69 Å². The first-order valence-electron chi connectivity index (χ1n) is 10.9. The number of nitrogens with zero attached hydrogens (tertiary/aromatic N) is 1. The lowest BCUT2D eigenvalue weighted by atomic mass is 10.1. The number of carbonyl (C=O) groups is 1. The van der Waals surface area contributed by atoms with Crippen LogP contribution in [0.1, 0.15) is 34.0 Å². The zero-order valence-corrected chi connectivity index (χ0v) is 18.9. The Morgan fingerprint density at radius 1 is 1.11 bits per heavy atom. The van der Waals surface area contributed by atoms with Gasteiger partial charge in [0.2, 0.25) is 0 Å². The minimum atomic E-state index is -0.464. The molecule has 1 N–H and O–H groups in total. The molecule has 0 saturated carbocycles. The molecule has 0 aliphatic carbocycles. The predicted octanol–water partition coefficient (Wildman–Crippen LogP) is 5.01. The smallest absolute Gasteiger partial charge is 0.270 e. The van der Waals surface area contributed by atoms with E-state index in [0.717, 1.165) is 0 Å². The Labute approximate surface area is 201 Å². The van der Waals surface area contributed by atoms with Crippen LogP contribution in [0.5, 0.6) is 17.2 Å². The second kappa shape index (κ2) is 10.7. The van der Waals surface area contributed by atoms with Crippen molar-refractivity contribution in [3.63, 3.8) is 0 Å². The minimum Gasteiger partial charge on any atom is -0.508 e. The van der Waals surface area contributed by atoms with Crippen molar-refractivity contribution in [1.82, 2.24) is 0 Å². The normalized spacial score (nSPS) is 12.9. The van der Waals surface area contributed by atoms with Crippen LogP contribution in [0.2, 0.25) is 0 Å². The van der Waals surface area contributed by atoms with Crippen molar-refractivity contribution in [2.45, 2.75) is 20.1 Å². The predicted molar refractivity (Wildman–Crippen MR) is 126 cm³/mol. The molecular formula is C26H23NO8. The average molecular weight is 477 g/mol. The van der Waals surface area contributed by atoms with Crippen LogP contribution in [-0.4, -0.2) is 29.2 Å². The largest absolute Gasteiger partial charge is 0.508 e. The van der Waals surface area contributed by atoms with Crippen LogP contribution in [0, 0.1) is 10.1 Å². The minimum absolute atomic E-state index is 0.0587. The van der Waals surface area contributed by atoms with Gasteiger partial charge in [0.1, 0.15) is 29.6 Å². The highest BCUT2D eigenvalue weighted by Gasteiger charge is 2.21. The van der Waals surface area contributed by atoms with E-state index in [9.17, 15) is 20.0 Å². The molecular weight excluding hydrogens is 454 g/mol. The number of rotatable bonds is 9. The SMILES string of the molecule is CCOC(=CC(=O)c1ccc(O)cc1)c1ccc(OCc2cc([N+](=O)[O-])cc3c2OCOC3)cc1. The van der Waals surface area contributed by atoms with Gasteiger partial charge in [-0.3, -0.25) is 14.9 Å². The molecule has 1 heterocycles. The van der Waals surface area contributed by atoms with Gasteiger partial charge in [0.05, 0.1) is 18.1 Å². The van der Waals surface area contributed by atoms with Gasteiger partial charge in [0, 0.05) is 40.5 Å². The van der Waals surface area contributed by atoms with Gasteiger partial charge >= 0.3 is 0 Å². The van der Waals surface area contributed by atoms with Crippen molar-refractivity contribution in [3.05, 3.63) is 99.1 Å². The van der Waals surface area contributed by atoms with Crippen molar-refractivity contribution in [2.24, 2.45) is 0 Å². The number of ether oxygens (including phenoxy) is 4. The van der Waals surface area contributed by atoms with Crippen LogP contribution in [0.25, 0.3) is 5.76 Å². The van der Waals surface area contributed by atoms with Crippen LogP contribution in [0.3, 0.4) is 0 Å².